The van der Waals surface area contributed by atoms with Gasteiger partial charge in [-0.05, 0) is 68.4 Å². The SMILES string of the molecule is COC(=O)c1c(NC(=O)COc2ccc(C)c(C)c2)sc2c1CCCCCCCCCC2. The summed E-state index contributed by atoms with van der Waals surface area (Å²) in [6.07, 6.45) is 11.4. The molecular weight excluding hydrogens is 422 g/mol. The molecule has 3 rings (SSSR count). The number of hydrogen-bond acceptors (Lipinski definition) is 5. The molecule has 5 nitrogen and oxygen atoms in total. The summed E-state index contributed by atoms with van der Waals surface area (Å²) in [7, 11) is 1.40. The first-order valence-electron chi connectivity index (χ1n) is 11.7. The molecular formula is C26H35NO4S. The minimum absolute atomic E-state index is 0.105. The number of carbonyl (C=O) groups excluding carboxylic acids is 2. The smallest absolute Gasteiger partial charge is 0.341 e. The maximum Gasteiger partial charge on any atom is 0.341 e. The molecule has 0 radical (unpaired) electrons. The van der Waals surface area contributed by atoms with Crippen LogP contribution in [0.1, 0.15) is 83.3 Å². The van der Waals surface area contributed by atoms with Crippen LogP contribution in [0, 0.1) is 13.8 Å². The van der Waals surface area contributed by atoms with Gasteiger partial charge in [-0.1, -0.05) is 44.6 Å². The van der Waals surface area contributed by atoms with E-state index in [9.17, 15) is 9.59 Å². The van der Waals surface area contributed by atoms with Gasteiger partial charge in [0.2, 0.25) is 0 Å². The van der Waals surface area contributed by atoms with E-state index in [1.807, 2.05) is 32.0 Å². The van der Waals surface area contributed by atoms with Crippen LogP contribution >= 0.6 is 11.3 Å². The summed E-state index contributed by atoms with van der Waals surface area (Å²) in [6.45, 7) is 3.95. The molecule has 0 aliphatic heterocycles. The molecule has 1 aliphatic rings. The molecule has 0 saturated heterocycles. The van der Waals surface area contributed by atoms with Crippen LogP contribution in [0.25, 0.3) is 0 Å². The predicted molar refractivity (Wildman–Crippen MR) is 130 cm³/mol. The highest BCUT2D eigenvalue weighted by molar-refractivity contribution is 7.17. The Morgan fingerprint density at radius 2 is 1.59 bits per heavy atom. The standard InChI is InChI=1S/C26H35NO4S/c1-18-14-15-20(16-19(18)2)31-17-23(28)27-25-24(26(29)30-3)21-12-10-8-6-4-5-7-9-11-13-22(21)32-25/h14-16H,4-13,17H2,1-3H3,(H,27,28). The zero-order valence-corrected chi connectivity index (χ0v) is 20.4. The molecule has 1 aliphatic carbocycles. The Hall–Kier alpha value is -2.34. The predicted octanol–water partition coefficient (Wildman–Crippen LogP) is 6.39. The van der Waals surface area contributed by atoms with Gasteiger partial charge in [0.15, 0.2) is 6.61 Å². The van der Waals surface area contributed by atoms with Crippen molar-refractivity contribution in [1.29, 1.82) is 0 Å². The summed E-state index contributed by atoms with van der Waals surface area (Å²) < 4.78 is 10.8. The monoisotopic (exact) mass is 457 g/mol. The van der Waals surface area contributed by atoms with Crippen LogP contribution in [0.15, 0.2) is 18.2 Å². The van der Waals surface area contributed by atoms with Gasteiger partial charge in [-0.2, -0.15) is 0 Å². The van der Waals surface area contributed by atoms with Crippen LogP contribution in [-0.4, -0.2) is 25.6 Å². The molecule has 0 spiro atoms. The first-order valence-corrected chi connectivity index (χ1v) is 12.5. The van der Waals surface area contributed by atoms with E-state index in [2.05, 4.69) is 5.32 Å². The number of benzene rings is 1. The van der Waals surface area contributed by atoms with Gasteiger partial charge in [-0.3, -0.25) is 4.79 Å². The fourth-order valence-electron chi connectivity index (χ4n) is 4.15. The molecule has 0 atom stereocenters. The third-order valence-electron chi connectivity index (χ3n) is 6.16. The van der Waals surface area contributed by atoms with Crippen LogP contribution in [0.5, 0.6) is 5.75 Å². The zero-order chi connectivity index (χ0) is 22.9. The van der Waals surface area contributed by atoms with E-state index in [1.54, 1.807) is 0 Å². The fraction of sp³-hybridized carbons (Fsp3) is 0.538. The molecule has 1 aromatic heterocycles. The number of nitrogens with one attached hydrogen (secondary N) is 1. The van der Waals surface area contributed by atoms with Crippen molar-refractivity contribution >= 4 is 28.2 Å². The third kappa shape index (κ3) is 6.58. The van der Waals surface area contributed by atoms with E-state index in [4.69, 9.17) is 9.47 Å². The largest absolute Gasteiger partial charge is 0.484 e. The van der Waals surface area contributed by atoms with E-state index < -0.39 is 0 Å². The van der Waals surface area contributed by atoms with Crippen LogP contribution < -0.4 is 10.1 Å². The second kappa shape index (κ2) is 12.0. The average Bonchev–Trinajstić information content (AvgIpc) is 3.10. The number of esters is 1. The van der Waals surface area contributed by atoms with Crippen LogP contribution in [0.2, 0.25) is 0 Å². The maximum atomic E-state index is 12.7. The number of carbonyl (C=O) groups is 2. The Morgan fingerprint density at radius 3 is 2.25 bits per heavy atom. The van der Waals surface area contributed by atoms with Gasteiger partial charge in [0.25, 0.3) is 5.91 Å². The van der Waals surface area contributed by atoms with Crippen LogP contribution in [-0.2, 0) is 22.4 Å². The second-order valence-corrected chi connectivity index (χ2v) is 9.72. The van der Waals surface area contributed by atoms with Crippen LogP contribution in [0.4, 0.5) is 5.00 Å². The van der Waals surface area contributed by atoms with E-state index >= 15 is 0 Å². The van der Waals surface area contributed by atoms with Gasteiger partial charge in [-0.15, -0.1) is 11.3 Å². The van der Waals surface area contributed by atoms with E-state index in [0.29, 0.717) is 16.3 Å². The molecule has 6 heteroatoms. The normalized spacial score (nSPS) is 15.1. The number of fused-ring (bicyclic) bond motifs is 1. The number of rotatable bonds is 5. The first kappa shape index (κ1) is 24.3. The summed E-state index contributed by atoms with van der Waals surface area (Å²) in [6, 6.07) is 5.77. The highest BCUT2D eigenvalue weighted by Gasteiger charge is 2.25. The van der Waals surface area contributed by atoms with Crippen molar-refractivity contribution in [3.05, 3.63) is 45.3 Å². The molecule has 174 valence electrons. The lowest BCUT2D eigenvalue weighted by Crippen LogP contribution is -2.21. The second-order valence-electron chi connectivity index (χ2n) is 8.61. The molecule has 1 N–H and O–H groups in total. The molecule has 1 amide bonds. The molecule has 1 aromatic carbocycles. The van der Waals surface area contributed by atoms with Crippen molar-refractivity contribution < 1.29 is 19.1 Å². The topological polar surface area (TPSA) is 64.6 Å². The lowest BCUT2D eigenvalue weighted by Gasteiger charge is -2.10. The van der Waals surface area contributed by atoms with E-state index in [0.717, 1.165) is 36.8 Å². The van der Waals surface area contributed by atoms with Gasteiger partial charge >= 0.3 is 5.97 Å². The molecule has 0 unspecified atom stereocenters. The summed E-state index contributed by atoms with van der Waals surface area (Å²) in [4.78, 5) is 26.5. The first-order chi connectivity index (χ1) is 15.5. The number of thiophene rings is 1. The molecule has 0 saturated carbocycles. The van der Waals surface area contributed by atoms with Crippen molar-refractivity contribution in [3.8, 4) is 5.75 Å². The number of anilines is 1. The Labute approximate surface area is 195 Å². The lowest BCUT2D eigenvalue weighted by molar-refractivity contribution is -0.118. The van der Waals surface area contributed by atoms with Crippen molar-refractivity contribution in [3.63, 3.8) is 0 Å². The quantitative estimate of drug-likeness (QED) is 0.529. The Bertz CT molecular complexity index is 934. The molecule has 0 fully saturated rings. The van der Waals surface area contributed by atoms with Crippen LogP contribution in [0.3, 0.4) is 0 Å². The van der Waals surface area contributed by atoms with Gasteiger partial charge < -0.3 is 14.8 Å². The molecule has 2 aromatic rings. The van der Waals surface area contributed by atoms with Crippen molar-refractivity contribution in [1.82, 2.24) is 0 Å². The van der Waals surface area contributed by atoms with Gasteiger partial charge in [0, 0.05) is 4.88 Å². The van der Waals surface area contributed by atoms with Gasteiger partial charge in [-0.25, -0.2) is 4.79 Å². The van der Waals surface area contributed by atoms with E-state index in [-0.39, 0.29) is 18.5 Å². The highest BCUT2D eigenvalue weighted by Crippen LogP contribution is 2.37. The number of methoxy groups -OCH3 is 1. The fourth-order valence-corrected chi connectivity index (χ4v) is 5.44. The minimum Gasteiger partial charge on any atom is -0.484 e. The Kier molecular flexibility index (Phi) is 9.15. The number of aryl methyl sites for hydroxylation is 3. The molecule has 1 heterocycles. The Balaban J connectivity index is 1.76. The summed E-state index contributed by atoms with van der Waals surface area (Å²) in [5.74, 6) is 0.0140. The molecule has 0 bridgehead atoms. The zero-order valence-electron chi connectivity index (χ0n) is 19.6. The summed E-state index contributed by atoms with van der Waals surface area (Å²) in [5.41, 5.74) is 3.89. The van der Waals surface area contributed by atoms with Gasteiger partial charge in [0.1, 0.15) is 10.8 Å². The number of hydrogen-bond donors (Lipinski definition) is 1. The number of ether oxygens (including phenoxy) is 2. The Morgan fingerprint density at radius 1 is 0.938 bits per heavy atom. The van der Waals surface area contributed by atoms with Gasteiger partial charge in [0.05, 0.1) is 12.7 Å². The average molecular weight is 458 g/mol. The highest BCUT2D eigenvalue weighted by atomic mass is 32.1. The summed E-state index contributed by atoms with van der Waals surface area (Å²) in [5, 5.41) is 3.52. The lowest BCUT2D eigenvalue weighted by atomic mass is 9.97. The third-order valence-corrected chi connectivity index (χ3v) is 7.37. The number of amides is 1. The summed E-state index contributed by atoms with van der Waals surface area (Å²) >= 11 is 1.52. The molecule has 32 heavy (non-hydrogen) atoms. The van der Waals surface area contributed by atoms with Crippen molar-refractivity contribution in [2.45, 2.75) is 78.1 Å². The maximum absolute atomic E-state index is 12.7. The minimum atomic E-state index is -0.375. The van der Waals surface area contributed by atoms with Crippen molar-refractivity contribution in [2.24, 2.45) is 0 Å². The van der Waals surface area contributed by atoms with E-state index in [1.165, 1.54) is 67.4 Å². The van der Waals surface area contributed by atoms with Crippen molar-refractivity contribution in [2.75, 3.05) is 19.0 Å².